The van der Waals surface area contributed by atoms with Crippen molar-refractivity contribution in [2.24, 2.45) is 0 Å². The Balaban J connectivity index is 2.24. The number of methoxy groups -OCH3 is 1. The number of hydrogen-bond acceptors (Lipinski definition) is 4. The molecule has 116 valence electrons. The van der Waals surface area contributed by atoms with Crippen LogP contribution in [0.5, 0.6) is 5.75 Å². The van der Waals surface area contributed by atoms with Crippen LogP contribution in [0.15, 0.2) is 24.3 Å². The van der Waals surface area contributed by atoms with Gasteiger partial charge in [-0.05, 0) is 18.6 Å². The summed E-state index contributed by atoms with van der Waals surface area (Å²) in [5.74, 6) is -0.718. The maximum atomic E-state index is 13.3. The number of carbonyl (C=O) groups is 2. The van der Waals surface area contributed by atoms with Crippen LogP contribution in [-0.4, -0.2) is 44.1 Å². The highest BCUT2D eigenvalue weighted by Gasteiger charge is 2.10. The van der Waals surface area contributed by atoms with Gasteiger partial charge in [0.2, 0.25) is 5.91 Å². The predicted molar refractivity (Wildman–Crippen MR) is 75.4 cm³/mol. The first-order chi connectivity index (χ1) is 10.0. The lowest BCUT2D eigenvalue weighted by molar-refractivity contribution is -0.141. The molecule has 0 spiro atoms. The molecule has 0 heterocycles. The minimum Gasteiger partial charge on any atom is -0.490 e. The van der Waals surface area contributed by atoms with Crippen LogP contribution in [0.3, 0.4) is 0 Å². The highest BCUT2D eigenvalue weighted by atomic mass is 19.1. The Morgan fingerprint density at radius 1 is 1.24 bits per heavy atom. The summed E-state index contributed by atoms with van der Waals surface area (Å²) in [5.41, 5.74) is 0. The maximum Gasteiger partial charge on any atom is 0.305 e. The van der Waals surface area contributed by atoms with Crippen molar-refractivity contribution < 1.29 is 23.5 Å². The molecule has 0 aliphatic carbocycles. The van der Waals surface area contributed by atoms with E-state index in [1.54, 1.807) is 19.2 Å². The van der Waals surface area contributed by atoms with Gasteiger partial charge in [-0.2, -0.15) is 0 Å². The molecule has 0 bridgehead atoms. The first-order valence-electron chi connectivity index (χ1n) is 6.72. The third-order valence-corrected chi connectivity index (χ3v) is 2.94. The number of carbonyl (C=O) groups excluding carboxylic acids is 2. The molecule has 1 aromatic carbocycles. The highest BCUT2D eigenvalue weighted by molar-refractivity contribution is 5.76. The lowest BCUT2D eigenvalue weighted by Gasteiger charge is -2.17. The van der Waals surface area contributed by atoms with Gasteiger partial charge in [0.1, 0.15) is 0 Å². The number of esters is 1. The minimum atomic E-state index is -0.448. The largest absolute Gasteiger partial charge is 0.490 e. The van der Waals surface area contributed by atoms with Crippen LogP contribution < -0.4 is 4.74 Å². The lowest BCUT2D eigenvalue weighted by atomic mass is 10.3. The van der Waals surface area contributed by atoms with E-state index in [9.17, 15) is 14.0 Å². The number of benzene rings is 1. The SMILES string of the molecule is COC(=O)CCCN(C)C(=O)CCOc1ccccc1F. The maximum absolute atomic E-state index is 13.3. The quantitative estimate of drug-likeness (QED) is 0.689. The van der Waals surface area contributed by atoms with Crippen molar-refractivity contribution in [2.45, 2.75) is 19.3 Å². The minimum absolute atomic E-state index is 0.112. The molecule has 21 heavy (non-hydrogen) atoms. The van der Waals surface area contributed by atoms with Crippen molar-refractivity contribution in [1.82, 2.24) is 4.90 Å². The van der Waals surface area contributed by atoms with E-state index in [1.807, 2.05) is 0 Å². The Bertz CT molecular complexity index is 478. The Morgan fingerprint density at radius 3 is 2.62 bits per heavy atom. The van der Waals surface area contributed by atoms with Crippen LogP contribution in [0.2, 0.25) is 0 Å². The molecule has 0 saturated carbocycles. The van der Waals surface area contributed by atoms with E-state index < -0.39 is 5.82 Å². The topological polar surface area (TPSA) is 55.8 Å². The van der Waals surface area contributed by atoms with Crippen LogP contribution in [-0.2, 0) is 14.3 Å². The Morgan fingerprint density at radius 2 is 1.95 bits per heavy atom. The van der Waals surface area contributed by atoms with E-state index in [-0.39, 0.29) is 37.1 Å². The fourth-order valence-electron chi connectivity index (χ4n) is 1.69. The van der Waals surface area contributed by atoms with Gasteiger partial charge < -0.3 is 14.4 Å². The van der Waals surface area contributed by atoms with Crippen LogP contribution in [0, 0.1) is 5.82 Å². The normalized spacial score (nSPS) is 10.0. The van der Waals surface area contributed by atoms with Crippen molar-refractivity contribution in [3.05, 3.63) is 30.1 Å². The van der Waals surface area contributed by atoms with Gasteiger partial charge in [0.15, 0.2) is 11.6 Å². The summed E-state index contributed by atoms with van der Waals surface area (Å²) >= 11 is 0. The molecule has 0 aliphatic rings. The summed E-state index contributed by atoms with van der Waals surface area (Å²) in [4.78, 5) is 24.3. The average Bonchev–Trinajstić information content (AvgIpc) is 2.48. The number of ether oxygens (including phenoxy) is 2. The molecule has 0 radical (unpaired) electrons. The van der Waals surface area contributed by atoms with Crippen molar-refractivity contribution >= 4 is 11.9 Å². The Labute approximate surface area is 123 Å². The van der Waals surface area contributed by atoms with Crippen molar-refractivity contribution in [3.8, 4) is 5.75 Å². The molecule has 0 aliphatic heterocycles. The summed E-state index contributed by atoms with van der Waals surface area (Å²) < 4.78 is 23.0. The molecule has 1 aromatic rings. The summed E-state index contributed by atoms with van der Waals surface area (Å²) in [6.07, 6.45) is 0.978. The van der Waals surface area contributed by atoms with Gasteiger partial charge in [0.05, 0.1) is 20.1 Å². The average molecular weight is 297 g/mol. The summed E-state index contributed by atoms with van der Waals surface area (Å²) in [7, 11) is 2.99. The molecule has 1 amide bonds. The van der Waals surface area contributed by atoms with Crippen molar-refractivity contribution in [2.75, 3.05) is 27.3 Å². The number of hydrogen-bond donors (Lipinski definition) is 0. The standard InChI is InChI=1S/C15H20FNO4/c1-17(10-5-8-15(19)20-2)14(18)9-11-21-13-7-4-3-6-12(13)16/h3-4,6-7H,5,8-11H2,1-2H3. The van der Waals surface area contributed by atoms with E-state index >= 15 is 0 Å². The predicted octanol–water partition coefficient (Wildman–Crippen LogP) is 2.01. The van der Waals surface area contributed by atoms with Gasteiger partial charge in [-0.15, -0.1) is 0 Å². The van der Waals surface area contributed by atoms with Gasteiger partial charge in [0.25, 0.3) is 0 Å². The van der Waals surface area contributed by atoms with E-state index in [1.165, 1.54) is 24.1 Å². The molecule has 0 saturated heterocycles. The number of halogens is 1. The zero-order valence-corrected chi connectivity index (χ0v) is 12.3. The van der Waals surface area contributed by atoms with Gasteiger partial charge in [0, 0.05) is 20.0 Å². The van der Waals surface area contributed by atoms with Crippen LogP contribution >= 0.6 is 0 Å². The van der Waals surface area contributed by atoms with Crippen LogP contribution in [0.4, 0.5) is 4.39 Å². The molecule has 6 heteroatoms. The third kappa shape index (κ3) is 6.25. The Hall–Kier alpha value is -2.11. The van der Waals surface area contributed by atoms with E-state index in [0.29, 0.717) is 13.0 Å². The molecule has 0 unspecified atom stereocenters. The molecule has 0 atom stereocenters. The second-order valence-corrected chi connectivity index (χ2v) is 4.52. The van der Waals surface area contributed by atoms with E-state index in [4.69, 9.17) is 4.74 Å². The van der Waals surface area contributed by atoms with Crippen LogP contribution in [0.25, 0.3) is 0 Å². The fraction of sp³-hybridized carbons (Fsp3) is 0.467. The number of para-hydroxylation sites is 1. The smallest absolute Gasteiger partial charge is 0.305 e. The molecule has 1 rings (SSSR count). The second kappa shape index (κ2) is 8.94. The number of nitrogens with zero attached hydrogens (tertiary/aromatic N) is 1. The molecule has 0 fully saturated rings. The van der Waals surface area contributed by atoms with E-state index in [2.05, 4.69) is 4.74 Å². The molecular formula is C15H20FNO4. The Kier molecular flexibility index (Phi) is 7.21. The lowest BCUT2D eigenvalue weighted by Crippen LogP contribution is -2.29. The number of amides is 1. The molecule has 0 N–H and O–H groups in total. The number of rotatable bonds is 8. The van der Waals surface area contributed by atoms with Gasteiger partial charge >= 0.3 is 5.97 Å². The molecule has 0 aromatic heterocycles. The van der Waals surface area contributed by atoms with Crippen LogP contribution in [0.1, 0.15) is 19.3 Å². The molecule has 5 nitrogen and oxygen atoms in total. The van der Waals surface area contributed by atoms with Crippen molar-refractivity contribution in [1.29, 1.82) is 0 Å². The summed E-state index contributed by atoms with van der Waals surface area (Å²) in [6, 6.07) is 6.05. The van der Waals surface area contributed by atoms with Gasteiger partial charge in [-0.1, -0.05) is 12.1 Å². The first-order valence-corrected chi connectivity index (χ1v) is 6.72. The highest BCUT2D eigenvalue weighted by Crippen LogP contribution is 2.15. The van der Waals surface area contributed by atoms with Gasteiger partial charge in [-0.3, -0.25) is 9.59 Å². The zero-order chi connectivity index (χ0) is 15.7. The van der Waals surface area contributed by atoms with Gasteiger partial charge in [-0.25, -0.2) is 4.39 Å². The molecular weight excluding hydrogens is 277 g/mol. The first kappa shape index (κ1) is 16.9. The second-order valence-electron chi connectivity index (χ2n) is 4.52. The zero-order valence-electron chi connectivity index (χ0n) is 12.3. The van der Waals surface area contributed by atoms with E-state index in [0.717, 1.165) is 0 Å². The fourth-order valence-corrected chi connectivity index (χ4v) is 1.69. The summed E-state index contributed by atoms with van der Waals surface area (Å²) in [6.45, 7) is 0.578. The monoisotopic (exact) mass is 297 g/mol. The van der Waals surface area contributed by atoms with Crippen molar-refractivity contribution in [3.63, 3.8) is 0 Å². The third-order valence-electron chi connectivity index (χ3n) is 2.94. The summed E-state index contributed by atoms with van der Waals surface area (Å²) in [5, 5.41) is 0.